The molecule has 0 N–H and O–H groups in total. The minimum absolute atomic E-state index is 0.0590. The van der Waals surface area contributed by atoms with E-state index in [1.54, 1.807) is 49.8 Å². The average Bonchev–Trinajstić information content (AvgIpc) is 2.92. The number of hydrogen-bond donors (Lipinski definition) is 0. The van der Waals surface area contributed by atoms with Crippen molar-refractivity contribution in [2.24, 2.45) is 5.92 Å². The van der Waals surface area contributed by atoms with E-state index in [1.165, 1.54) is 64.2 Å². The fourth-order valence-electron chi connectivity index (χ4n) is 4.48. The van der Waals surface area contributed by atoms with Crippen molar-refractivity contribution >= 4 is 0 Å². The van der Waals surface area contributed by atoms with Crippen LogP contribution >= 0.6 is 0 Å². The molecule has 0 fully saturated rings. The number of ether oxygens (including phenoxy) is 7. The van der Waals surface area contributed by atoms with Crippen LogP contribution in [-0.2, 0) is 33.2 Å². The van der Waals surface area contributed by atoms with Gasteiger partial charge in [0.05, 0.1) is 5.92 Å². The number of unbranched alkanes of at least 4 members (excludes halogenated alkanes) is 10. The molecule has 0 rings (SSSR count). The van der Waals surface area contributed by atoms with E-state index >= 15 is 0 Å². The summed E-state index contributed by atoms with van der Waals surface area (Å²) < 4.78 is 37.5. The van der Waals surface area contributed by atoms with E-state index in [0.29, 0.717) is 0 Å². The highest BCUT2D eigenvalue weighted by molar-refractivity contribution is 4.86. The molecule has 0 spiro atoms. The Morgan fingerprint density at radius 3 is 1.22 bits per heavy atom. The Bertz CT molecular complexity index is 448. The average molecular weight is 521 g/mol. The molecule has 0 saturated heterocycles. The maximum Gasteiger partial charge on any atom is 0.310 e. The molecule has 0 saturated carbocycles. The van der Waals surface area contributed by atoms with Crippen LogP contribution < -0.4 is 0 Å². The molecule has 0 aliphatic heterocycles. The molecule has 0 amide bonds. The molecule has 2 unspecified atom stereocenters. The molecule has 7 heteroatoms. The third-order valence-corrected chi connectivity index (χ3v) is 6.81. The SMILES string of the molecule is C=CC(CCCCCCCC)C(OC)(OC)OC.CCCCCCCCC(OC)C(OC)(OC)OC. The topological polar surface area (TPSA) is 64.6 Å². The van der Waals surface area contributed by atoms with Gasteiger partial charge in [0.25, 0.3) is 5.97 Å². The monoisotopic (exact) mass is 520 g/mol. The van der Waals surface area contributed by atoms with E-state index in [0.717, 1.165) is 25.7 Å². The highest BCUT2D eigenvalue weighted by Gasteiger charge is 2.40. The van der Waals surface area contributed by atoms with Gasteiger partial charge in [0, 0.05) is 49.8 Å². The molecule has 0 aromatic heterocycles. The van der Waals surface area contributed by atoms with Gasteiger partial charge in [-0.3, -0.25) is 0 Å². The molecular weight excluding hydrogens is 460 g/mol. The van der Waals surface area contributed by atoms with Crippen LogP contribution in [0.3, 0.4) is 0 Å². The van der Waals surface area contributed by atoms with E-state index in [-0.39, 0.29) is 12.0 Å². The Hall–Kier alpha value is -0.540. The normalized spacial score (nSPS) is 13.7. The van der Waals surface area contributed by atoms with Crippen LogP contribution in [0.25, 0.3) is 0 Å². The Morgan fingerprint density at radius 1 is 0.528 bits per heavy atom. The zero-order valence-electron chi connectivity index (χ0n) is 25.2. The predicted octanol–water partition coefficient (Wildman–Crippen LogP) is 7.48. The van der Waals surface area contributed by atoms with Crippen LogP contribution in [-0.4, -0.2) is 67.8 Å². The van der Waals surface area contributed by atoms with E-state index < -0.39 is 11.9 Å². The smallest absolute Gasteiger partial charge is 0.310 e. The van der Waals surface area contributed by atoms with Crippen LogP contribution in [0, 0.1) is 5.92 Å². The van der Waals surface area contributed by atoms with Crippen molar-refractivity contribution in [1.29, 1.82) is 0 Å². The molecule has 2 atom stereocenters. The maximum absolute atomic E-state index is 5.44. The summed E-state index contributed by atoms with van der Waals surface area (Å²) in [6.45, 7) is 8.32. The van der Waals surface area contributed by atoms with Crippen LogP contribution in [0.1, 0.15) is 104 Å². The molecule has 0 heterocycles. The first-order valence-corrected chi connectivity index (χ1v) is 13.9. The molecule has 0 aliphatic rings. The van der Waals surface area contributed by atoms with Gasteiger partial charge in [0.15, 0.2) is 0 Å². The van der Waals surface area contributed by atoms with Gasteiger partial charge in [-0.05, 0) is 12.8 Å². The molecule has 0 bridgehead atoms. The van der Waals surface area contributed by atoms with E-state index in [2.05, 4.69) is 20.4 Å². The molecule has 0 aromatic carbocycles. The molecule has 36 heavy (non-hydrogen) atoms. The number of methoxy groups -OCH3 is 7. The van der Waals surface area contributed by atoms with Crippen LogP contribution in [0.5, 0.6) is 0 Å². The molecule has 0 aliphatic carbocycles. The van der Waals surface area contributed by atoms with Crippen molar-refractivity contribution < 1.29 is 33.2 Å². The van der Waals surface area contributed by atoms with Crippen LogP contribution in [0.2, 0.25) is 0 Å². The summed E-state index contributed by atoms with van der Waals surface area (Å²) in [4.78, 5) is 0. The zero-order valence-corrected chi connectivity index (χ0v) is 25.2. The summed E-state index contributed by atoms with van der Waals surface area (Å²) in [5.74, 6) is -2.01. The zero-order chi connectivity index (χ0) is 27.7. The second-order valence-electron chi connectivity index (χ2n) is 9.11. The van der Waals surface area contributed by atoms with Crippen LogP contribution in [0.4, 0.5) is 0 Å². The lowest BCUT2D eigenvalue weighted by Crippen LogP contribution is -2.48. The third kappa shape index (κ3) is 14.4. The fraction of sp³-hybridized carbons (Fsp3) is 0.931. The van der Waals surface area contributed by atoms with Crippen molar-refractivity contribution in [2.45, 2.75) is 122 Å². The first-order chi connectivity index (χ1) is 17.4. The van der Waals surface area contributed by atoms with Gasteiger partial charge >= 0.3 is 5.97 Å². The lowest BCUT2D eigenvalue weighted by atomic mass is 9.97. The quantitative estimate of drug-likeness (QED) is 0.0742. The largest absolute Gasteiger partial charge is 0.373 e. The molecule has 0 radical (unpaired) electrons. The minimum atomic E-state index is -1.09. The number of hydrogen-bond acceptors (Lipinski definition) is 7. The molecule has 218 valence electrons. The van der Waals surface area contributed by atoms with Gasteiger partial charge in [-0.25, -0.2) is 0 Å². The first kappa shape index (κ1) is 37.6. The molecule has 7 nitrogen and oxygen atoms in total. The van der Waals surface area contributed by atoms with Crippen molar-refractivity contribution in [1.82, 2.24) is 0 Å². The summed E-state index contributed by atoms with van der Waals surface area (Å²) in [7, 11) is 11.2. The van der Waals surface area contributed by atoms with E-state index in [9.17, 15) is 0 Å². The first-order valence-electron chi connectivity index (χ1n) is 13.9. The fourth-order valence-corrected chi connectivity index (χ4v) is 4.48. The van der Waals surface area contributed by atoms with Gasteiger partial charge in [-0.15, -0.1) is 6.58 Å². The van der Waals surface area contributed by atoms with Crippen LogP contribution in [0.15, 0.2) is 12.7 Å². The van der Waals surface area contributed by atoms with E-state index in [4.69, 9.17) is 33.2 Å². The minimum Gasteiger partial charge on any atom is -0.373 e. The van der Waals surface area contributed by atoms with Gasteiger partial charge in [0.1, 0.15) is 6.10 Å². The van der Waals surface area contributed by atoms with Crippen molar-refractivity contribution in [3.05, 3.63) is 12.7 Å². The Labute approximate surface area is 223 Å². The van der Waals surface area contributed by atoms with Crippen molar-refractivity contribution in [3.8, 4) is 0 Å². The van der Waals surface area contributed by atoms with Gasteiger partial charge in [-0.2, -0.15) is 0 Å². The van der Waals surface area contributed by atoms with Gasteiger partial charge in [0.2, 0.25) is 0 Å². The summed E-state index contributed by atoms with van der Waals surface area (Å²) in [5, 5.41) is 0. The number of rotatable bonds is 24. The standard InChI is InChI=1S/C15H30O3.C14H30O4/c1-6-8-9-10-11-12-13-14(7-2)15(16-3,17-4)18-5;1-6-7-8-9-10-11-12-13(15-2)14(16-3,17-4)18-5/h7,14H,2,6,8-13H2,1,3-5H3;13H,6-12H2,1-5H3. The summed E-state index contributed by atoms with van der Waals surface area (Å²) in [6, 6.07) is 0. The Kier molecular flexibility index (Phi) is 25.9. The molecule has 0 aromatic rings. The van der Waals surface area contributed by atoms with Crippen molar-refractivity contribution in [2.75, 3.05) is 49.8 Å². The Balaban J connectivity index is 0. The van der Waals surface area contributed by atoms with E-state index in [1.807, 2.05) is 6.08 Å². The lowest BCUT2D eigenvalue weighted by molar-refractivity contribution is -0.392. The highest BCUT2D eigenvalue weighted by atomic mass is 16.9. The van der Waals surface area contributed by atoms with Gasteiger partial charge < -0.3 is 33.2 Å². The summed E-state index contributed by atoms with van der Waals surface area (Å²) in [6.07, 6.45) is 18.7. The highest BCUT2D eigenvalue weighted by Crippen LogP contribution is 2.29. The Morgan fingerprint density at radius 2 is 0.889 bits per heavy atom. The second kappa shape index (κ2) is 24.8. The van der Waals surface area contributed by atoms with Crippen molar-refractivity contribution in [3.63, 3.8) is 0 Å². The molecular formula is C29H60O7. The maximum atomic E-state index is 5.44. The lowest BCUT2D eigenvalue weighted by Gasteiger charge is -2.35. The summed E-state index contributed by atoms with van der Waals surface area (Å²) >= 11 is 0. The van der Waals surface area contributed by atoms with Gasteiger partial charge in [-0.1, -0.05) is 97.0 Å². The second-order valence-corrected chi connectivity index (χ2v) is 9.11. The third-order valence-electron chi connectivity index (χ3n) is 6.81. The predicted molar refractivity (Wildman–Crippen MR) is 148 cm³/mol. The summed E-state index contributed by atoms with van der Waals surface area (Å²) in [5.41, 5.74) is 0.